The van der Waals surface area contributed by atoms with E-state index in [0.29, 0.717) is 18.9 Å². The van der Waals surface area contributed by atoms with E-state index in [1.54, 1.807) is 12.0 Å². The van der Waals surface area contributed by atoms with Crippen LogP contribution in [0.15, 0.2) is 29.2 Å². The lowest BCUT2D eigenvalue weighted by molar-refractivity contribution is -0.101. The van der Waals surface area contributed by atoms with E-state index in [-0.39, 0.29) is 42.1 Å². The number of nitrogens with zero attached hydrogens (tertiary/aromatic N) is 2. The van der Waals surface area contributed by atoms with E-state index < -0.39 is 40.2 Å². The Morgan fingerprint density at radius 2 is 2.00 bits per heavy atom. The lowest BCUT2D eigenvalue weighted by atomic mass is 9.70. The average molecular weight is 461 g/mol. The van der Waals surface area contributed by atoms with Gasteiger partial charge in [0.25, 0.3) is 11.8 Å². The largest absolute Gasteiger partial charge is 0.503 e. The van der Waals surface area contributed by atoms with Gasteiger partial charge in [0, 0.05) is 44.1 Å². The third kappa shape index (κ3) is 3.78. The van der Waals surface area contributed by atoms with Crippen molar-refractivity contribution in [2.45, 2.75) is 57.5 Å². The number of hydrogen-bond acceptors (Lipinski definition) is 5. The topological polar surface area (TPSA) is 101 Å². The molecule has 2 aliphatic rings. The number of pyridine rings is 1. The van der Waals surface area contributed by atoms with Crippen LogP contribution in [0.3, 0.4) is 0 Å². The van der Waals surface area contributed by atoms with Crippen LogP contribution in [0.5, 0.6) is 5.75 Å². The lowest BCUT2D eigenvalue weighted by Crippen LogP contribution is -2.68. The maximum atomic E-state index is 13.9. The second-order valence-corrected chi connectivity index (χ2v) is 8.87. The number of benzene rings is 1. The van der Waals surface area contributed by atoms with Crippen molar-refractivity contribution in [3.63, 3.8) is 0 Å². The Balaban J connectivity index is 1.66. The highest BCUT2D eigenvalue weighted by Crippen LogP contribution is 2.45. The van der Waals surface area contributed by atoms with Gasteiger partial charge in [-0.15, -0.1) is 0 Å². The van der Waals surface area contributed by atoms with Gasteiger partial charge in [0.15, 0.2) is 11.4 Å². The summed E-state index contributed by atoms with van der Waals surface area (Å²) in [4.78, 5) is 40.4. The molecule has 1 aromatic carbocycles. The molecule has 1 aliphatic heterocycles. The Bertz CT molecular complexity index is 1190. The molecule has 2 heterocycles. The van der Waals surface area contributed by atoms with Crippen LogP contribution in [-0.4, -0.2) is 51.2 Å². The number of carbonyl (C=O) groups excluding carboxylic acids is 2. The van der Waals surface area contributed by atoms with Gasteiger partial charge in [0.05, 0.1) is 11.6 Å². The standard InChI is InChI=1S/C23H25F2N3O5/c1-12(2)28-22(32)18-20(30)19(29)16(10-27(18)11-23(28)7-15(8-23)33-3)21(31)26-9-13-4-5-14(24)6-17(13)25/h4-6,10,12,15,30H,7-9,11H2,1-3H3,(H,26,31)/t15-,23+. The number of rotatable bonds is 5. The van der Waals surface area contributed by atoms with E-state index >= 15 is 0 Å². The maximum absolute atomic E-state index is 13.9. The molecule has 1 aliphatic carbocycles. The first-order valence-electron chi connectivity index (χ1n) is 10.6. The number of aromatic nitrogens is 1. The van der Waals surface area contributed by atoms with Gasteiger partial charge in [0.2, 0.25) is 5.43 Å². The molecule has 1 aromatic heterocycles. The number of fused-ring (bicyclic) bond motifs is 1. The van der Waals surface area contributed by atoms with Gasteiger partial charge in [-0.3, -0.25) is 14.4 Å². The third-order valence-electron chi connectivity index (χ3n) is 6.42. The molecule has 0 atom stereocenters. The molecule has 4 rings (SSSR count). The number of ether oxygens (including phenoxy) is 1. The number of methoxy groups -OCH3 is 1. The Morgan fingerprint density at radius 3 is 2.61 bits per heavy atom. The molecule has 1 spiro atoms. The monoisotopic (exact) mass is 461 g/mol. The van der Waals surface area contributed by atoms with Gasteiger partial charge in [-0.05, 0) is 32.8 Å². The van der Waals surface area contributed by atoms with Crippen molar-refractivity contribution in [2.75, 3.05) is 7.11 Å². The number of halogens is 2. The summed E-state index contributed by atoms with van der Waals surface area (Å²) in [6, 6.07) is 2.76. The van der Waals surface area contributed by atoms with Gasteiger partial charge in [-0.2, -0.15) is 0 Å². The van der Waals surface area contributed by atoms with Crippen molar-refractivity contribution in [3.8, 4) is 5.75 Å². The molecule has 0 radical (unpaired) electrons. The van der Waals surface area contributed by atoms with Gasteiger partial charge in [-0.25, -0.2) is 8.78 Å². The molecule has 0 unspecified atom stereocenters. The molecule has 2 aromatic rings. The fraction of sp³-hybridized carbons (Fsp3) is 0.435. The minimum atomic E-state index is -0.991. The van der Waals surface area contributed by atoms with E-state index in [0.717, 1.165) is 6.07 Å². The van der Waals surface area contributed by atoms with Crippen LogP contribution in [0.1, 0.15) is 53.1 Å². The fourth-order valence-corrected chi connectivity index (χ4v) is 4.88. The minimum absolute atomic E-state index is 0.0121. The average Bonchev–Trinajstić information content (AvgIpc) is 2.72. The zero-order chi connectivity index (χ0) is 24.1. The SMILES string of the molecule is CO[C@H]1C[C@]2(Cn3cc(C(=O)NCc4ccc(F)cc4F)c(=O)c(O)c3C(=O)N2C(C)C)C1. The highest BCUT2D eigenvalue weighted by molar-refractivity contribution is 5.99. The highest BCUT2D eigenvalue weighted by Gasteiger charge is 2.55. The van der Waals surface area contributed by atoms with E-state index in [1.807, 2.05) is 13.8 Å². The number of nitrogens with one attached hydrogen (secondary N) is 1. The highest BCUT2D eigenvalue weighted by atomic mass is 19.1. The summed E-state index contributed by atoms with van der Waals surface area (Å²) in [6.45, 7) is 3.72. The molecular weight excluding hydrogens is 436 g/mol. The fourth-order valence-electron chi connectivity index (χ4n) is 4.88. The second kappa shape index (κ2) is 8.26. The zero-order valence-corrected chi connectivity index (χ0v) is 18.5. The van der Waals surface area contributed by atoms with Crippen molar-refractivity contribution in [1.82, 2.24) is 14.8 Å². The molecular formula is C23H25F2N3O5. The zero-order valence-electron chi connectivity index (χ0n) is 18.5. The normalized spacial score (nSPS) is 21.8. The summed E-state index contributed by atoms with van der Waals surface area (Å²) < 4.78 is 33.8. The molecule has 0 saturated heterocycles. The predicted molar refractivity (Wildman–Crippen MR) is 114 cm³/mol. The van der Waals surface area contributed by atoms with Gasteiger partial charge < -0.3 is 24.6 Å². The number of aromatic hydroxyl groups is 1. The van der Waals surface area contributed by atoms with Crippen molar-refractivity contribution < 1.29 is 28.2 Å². The van der Waals surface area contributed by atoms with E-state index in [9.17, 15) is 28.3 Å². The Hall–Kier alpha value is -3.27. The number of carbonyl (C=O) groups is 2. The van der Waals surface area contributed by atoms with E-state index in [2.05, 4.69) is 5.32 Å². The van der Waals surface area contributed by atoms with Crippen molar-refractivity contribution >= 4 is 11.8 Å². The van der Waals surface area contributed by atoms with Crippen molar-refractivity contribution in [3.05, 3.63) is 63.1 Å². The van der Waals surface area contributed by atoms with Crippen LogP contribution in [0, 0.1) is 11.6 Å². The van der Waals surface area contributed by atoms with Gasteiger partial charge in [-0.1, -0.05) is 6.07 Å². The van der Waals surface area contributed by atoms with Crippen molar-refractivity contribution in [2.24, 2.45) is 0 Å². The van der Waals surface area contributed by atoms with Crippen LogP contribution in [0.2, 0.25) is 0 Å². The smallest absolute Gasteiger partial charge is 0.275 e. The summed E-state index contributed by atoms with van der Waals surface area (Å²) in [5.74, 6) is -3.71. The Labute approximate surface area is 188 Å². The second-order valence-electron chi connectivity index (χ2n) is 8.87. The maximum Gasteiger partial charge on any atom is 0.275 e. The molecule has 1 saturated carbocycles. The molecule has 2 amide bonds. The van der Waals surface area contributed by atoms with Crippen LogP contribution in [0.4, 0.5) is 8.78 Å². The van der Waals surface area contributed by atoms with Crippen LogP contribution >= 0.6 is 0 Å². The summed E-state index contributed by atoms with van der Waals surface area (Å²) in [5.41, 5.74) is -2.04. The van der Waals surface area contributed by atoms with Gasteiger partial charge >= 0.3 is 0 Å². The van der Waals surface area contributed by atoms with Crippen LogP contribution in [-0.2, 0) is 17.8 Å². The summed E-state index contributed by atoms with van der Waals surface area (Å²) in [7, 11) is 1.60. The Kier molecular flexibility index (Phi) is 5.73. The number of amides is 2. The van der Waals surface area contributed by atoms with E-state index in [1.165, 1.54) is 16.8 Å². The molecule has 176 valence electrons. The molecule has 33 heavy (non-hydrogen) atoms. The van der Waals surface area contributed by atoms with E-state index in [4.69, 9.17) is 4.74 Å². The molecule has 1 fully saturated rings. The summed E-state index contributed by atoms with van der Waals surface area (Å²) in [5, 5.41) is 13.0. The Morgan fingerprint density at radius 1 is 1.30 bits per heavy atom. The van der Waals surface area contributed by atoms with Crippen molar-refractivity contribution in [1.29, 1.82) is 0 Å². The molecule has 10 heteroatoms. The predicted octanol–water partition coefficient (Wildman–Crippen LogP) is 2.17. The lowest BCUT2D eigenvalue weighted by Gasteiger charge is -2.57. The minimum Gasteiger partial charge on any atom is -0.503 e. The first-order valence-corrected chi connectivity index (χ1v) is 10.6. The van der Waals surface area contributed by atoms with Crippen LogP contribution < -0.4 is 10.7 Å². The molecule has 2 N–H and O–H groups in total. The van der Waals surface area contributed by atoms with Crippen LogP contribution in [0.25, 0.3) is 0 Å². The molecule has 0 bridgehead atoms. The molecule has 8 nitrogen and oxygen atoms in total. The summed E-state index contributed by atoms with van der Waals surface area (Å²) in [6.07, 6.45) is 2.42. The quantitative estimate of drug-likeness (QED) is 0.711. The third-order valence-corrected chi connectivity index (χ3v) is 6.42. The first kappa shape index (κ1) is 22.9. The van der Waals surface area contributed by atoms with Gasteiger partial charge in [0.1, 0.15) is 17.2 Å². The summed E-state index contributed by atoms with van der Waals surface area (Å²) >= 11 is 0. The first-order chi connectivity index (χ1) is 15.6. The number of hydrogen-bond donors (Lipinski definition) is 2.